The first-order valence-corrected chi connectivity index (χ1v) is 10.5. The predicted molar refractivity (Wildman–Crippen MR) is 112 cm³/mol. The summed E-state index contributed by atoms with van der Waals surface area (Å²) >= 11 is 11.9. The third kappa shape index (κ3) is 4.84. The number of benzene rings is 3. The molecule has 0 aliphatic carbocycles. The minimum absolute atomic E-state index is 0.0187. The molecule has 0 saturated heterocycles. The van der Waals surface area contributed by atoms with E-state index in [0.29, 0.717) is 10.7 Å². The molecule has 0 bridgehead atoms. The number of anilines is 2. The lowest BCUT2D eigenvalue weighted by molar-refractivity contribution is -0.114. The van der Waals surface area contributed by atoms with Crippen LogP contribution in [0.5, 0.6) is 0 Å². The van der Waals surface area contributed by atoms with Gasteiger partial charge in [-0.3, -0.25) is 4.79 Å². The number of carbonyl (C=O) groups is 1. The van der Waals surface area contributed by atoms with Gasteiger partial charge in [-0.2, -0.15) is 0 Å². The maximum Gasteiger partial charge on any atom is 0.243 e. The molecule has 0 saturated carbocycles. The molecule has 0 fully saturated rings. The van der Waals surface area contributed by atoms with Crippen molar-refractivity contribution < 1.29 is 13.2 Å². The Hall–Kier alpha value is -2.54. The van der Waals surface area contributed by atoms with E-state index >= 15 is 0 Å². The third-order valence-electron chi connectivity index (χ3n) is 3.85. The molecule has 3 aromatic carbocycles. The van der Waals surface area contributed by atoms with Crippen LogP contribution in [0, 0.1) is 0 Å². The lowest BCUT2D eigenvalue weighted by Crippen LogP contribution is -2.22. The van der Waals surface area contributed by atoms with E-state index in [1.165, 1.54) is 36.4 Å². The highest BCUT2D eigenvalue weighted by Crippen LogP contribution is 2.30. The first-order valence-electron chi connectivity index (χ1n) is 8.25. The number of carbonyl (C=O) groups excluding carboxylic acids is 1. The SMILES string of the molecule is O=C(CNc1ccc(Cl)cc1S(=O)(=O)c1ccc(Cl)cc1)Nc1ccccc1. The van der Waals surface area contributed by atoms with E-state index in [-0.39, 0.29) is 33.0 Å². The topological polar surface area (TPSA) is 75.3 Å². The van der Waals surface area contributed by atoms with Gasteiger partial charge in [0.05, 0.1) is 22.0 Å². The highest BCUT2D eigenvalue weighted by molar-refractivity contribution is 7.91. The first kappa shape index (κ1) is 20.2. The molecular weight excluding hydrogens is 419 g/mol. The van der Waals surface area contributed by atoms with Crippen molar-refractivity contribution in [2.45, 2.75) is 9.79 Å². The molecule has 0 aliphatic heterocycles. The summed E-state index contributed by atoms with van der Waals surface area (Å²) < 4.78 is 26.0. The highest BCUT2D eigenvalue weighted by atomic mass is 35.5. The van der Waals surface area contributed by atoms with E-state index in [0.717, 1.165) is 0 Å². The molecule has 144 valence electrons. The fourth-order valence-corrected chi connectivity index (χ4v) is 4.33. The lowest BCUT2D eigenvalue weighted by Gasteiger charge is -2.13. The van der Waals surface area contributed by atoms with Crippen molar-refractivity contribution >= 4 is 50.3 Å². The Morgan fingerprint density at radius 2 is 1.50 bits per heavy atom. The van der Waals surface area contributed by atoms with Crippen LogP contribution in [0.1, 0.15) is 0 Å². The monoisotopic (exact) mass is 434 g/mol. The van der Waals surface area contributed by atoms with Gasteiger partial charge in [0.1, 0.15) is 0 Å². The summed E-state index contributed by atoms with van der Waals surface area (Å²) in [5.41, 5.74) is 0.932. The molecule has 0 atom stereocenters. The van der Waals surface area contributed by atoms with Crippen LogP contribution in [0.2, 0.25) is 10.0 Å². The molecule has 5 nitrogen and oxygen atoms in total. The molecule has 0 unspecified atom stereocenters. The maximum absolute atomic E-state index is 13.0. The van der Waals surface area contributed by atoms with Gasteiger partial charge in [-0.15, -0.1) is 0 Å². The average Bonchev–Trinajstić information content (AvgIpc) is 2.68. The molecule has 8 heteroatoms. The Bertz CT molecular complexity index is 1090. The fourth-order valence-electron chi connectivity index (χ4n) is 2.51. The summed E-state index contributed by atoms with van der Waals surface area (Å²) in [4.78, 5) is 12.2. The van der Waals surface area contributed by atoms with E-state index in [2.05, 4.69) is 10.6 Å². The molecule has 3 aromatic rings. The first-order chi connectivity index (χ1) is 13.4. The number of amides is 1. The zero-order valence-electron chi connectivity index (χ0n) is 14.5. The molecule has 28 heavy (non-hydrogen) atoms. The Balaban J connectivity index is 1.83. The van der Waals surface area contributed by atoms with Gasteiger partial charge < -0.3 is 10.6 Å². The maximum atomic E-state index is 13.0. The van der Waals surface area contributed by atoms with Crippen LogP contribution in [-0.2, 0) is 14.6 Å². The van der Waals surface area contributed by atoms with Gasteiger partial charge >= 0.3 is 0 Å². The largest absolute Gasteiger partial charge is 0.375 e. The van der Waals surface area contributed by atoms with E-state index in [1.807, 2.05) is 6.07 Å². The number of hydrogen-bond donors (Lipinski definition) is 2. The quantitative estimate of drug-likeness (QED) is 0.579. The van der Waals surface area contributed by atoms with Gasteiger partial charge in [0.2, 0.25) is 15.7 Å². The number of hydrogen-bond acceptors (Lipinski definition) is 4. The van der Waals surface area contributed by atoms with Crippen LogP contribution in [0.3, 0.4) is 0 Å². The summed E-state index contributed by atoms with van der Waals surface area (Å²) in [6.07, 6.45) is 0. The van der Waals surface area contributed by atoms with Crippen LogP contribution in [0.25, 0.3) is 0 Å². The highest BCUT2D eigenvalue weighted by Gasteiger charge is 2.22. The zero-order valence-corrected chi connectivity index (χ0v) is 16.9. The Kier molecular flexibility index (Phi) is 6.24. The Labute approximate surface area is 173 Å². The van der Waals surface area contributed by atoms with Crippen molar-refractivity contribution in [2.75, 3.05) is 17.2 Å². The van der Waals surface area contributed by atoms with Crippen molar-refractivity contribution in [2.24, 2.45) is 0 Å². The Morgan fingerprint density at radius 3 is 2.18 bits per heavy atom. The van der Waals surface area contributed by atoms with Gasteiger partial charge in [0.15, 0.2) is 0 Å². The van der Waals surface area contributed by atoms with Crippen LogP contribution < -0.4 is 10.6 Å². The number of halogens is 2. The predicted octanol–water partition coefficient (Wildman–Crippen LogP) is 4.88. The van der Waals surface area contributed by atoms with Crippen molar-refractivity contribution in [3.63, 3.8) is 0 Å². The molecule has 0 aliphatic rings. The van der Waals surface area contributed by atoms with Crippen molar-refractivity contribution in [1.82, 2.24) is 0 Å². The standard InChI is InChI=1S/C20H16Cl2N2O3S/c21-14-6-9-17(10-7-14)28(26,27)19-12-15(22)8-11-18(19)23-13-20(25)24-16-4-2-1-3-5-16/h1-12,23H,13H2,(H,24,25). The molecule has 3 rings (SSSR count). The number of nitrogens with one attached hydrogen (secondary N) is 2. The summed E-state index contributed by atoms with van der Waals surface area (Å²) in [6.45, 7) is -0.111. The van der Waals surface area contributed by atoms with Crippen molar-refractivity contribution in [1.29, 1.82) is 0 Å². The summed E-state index contributed by atoms with van der Waals surface area (Å²) in [7, 11) is -3.85. The van der Waals surface area contributed by atoms with Gasteiger partial charge in [0, 0.05) is 15.7 Å². The normalized spacial score (nSPS) is 11.1. The van der Waals surface area contributed by atoms with E-state index < -0.39 is 9.84 Å². The number of rotatable bonds is 6. The number of sulfone groups is 1. The molecule has 0 spiro atoms. The number of para-hydroxylation sites is 1. The minimum Gasteiger partial charge on any atom is -0.375 e. The van der Waals surface area contributed by atoms with Gasteiger partial charge in [-0.1, -0.05) is 41.4 Å². The van der Waals surface area contributed by atoms with Crippen LogP contribution in [0.4, 0.5) is 11.4 Å². The van der Waals surface area contributed by atoms with Gasteiger partial charge in [-0.05, 0) is 54.6 Å². The van der Waals surface area contributed by atoms with Crippen molar-refractivity contribution in [3.8, 4) is 0 Å². The second-order valence-electron chi connectivity index (χ2n) is 5.87. The van der Waals surface area contributed by atoms with Gasteiger partial charge in [0.25, 0.3) is 0 Å². The second kappa shape index (κ2) is 8.65. The molecule has 0 heterocycles. The zero-order chi connectivity index (χ0) is 20.1. The van der Waals surface area contributed by atoms with Crippen LogP contribution in [-0.4, -0.2) is 20.9 Å². The fraction of sp³-hybridized carbons (Fsp3) is 0.0500. The second-order valence-corrected chi connectivity index (χ2v) is 8.66. The van der Waals surface area contributed by atoms with Gasteiger partial charge in [-0.25, -0.2) is 8.42 Å². The van der Waals surface area contributed by atoms with Crippen molar-refractivity contribution in [3.05, 3.63) is 82.8 Å². The summed E-state index contributed by atoms with van der Waals surface area (Å²) in [5, 5.41) is 6.30. The third-order valence-corrected chi connectivity index (χ3v) is 6.15. The van der Waals surface area contributed by atoms with Crippen LogP contribution in [0.15, 0.2) is 82.6 Å². The minimum atomic E-state index is -3.85. The molecule has 0 aromatic heterocycles. The molecule has 0 radical (unpaired) electrons. The molecule has 2 N–H and O–H groups in total. The molecule has 1 amide bonds. The van der Waals surface area contributed by atoms with E-state index in [1.54, 1.807) is 30.3 Å². The summed E-state index contributed by atoms with van der Waals surface area (Å²) in [5.74, 6) is -0.309. The molecular formula is C20H16Cl2N2O3S. The summed E-state index contributed by atoms with van der Waals surface area (Å²) in [6, 6.07) is 19.2. The van der Waals surface area contributed by atoms with Crippen LogP contribution >= 0.6 is 23.2 Å². The lowest BCUT2D eigenvalue weighted by atomic mass is 10.3. The van der Waals surface area contributed by atoms with E-state index in [4.69, 9.17) is 23.2 Å². The average molecular weight is 435 g/mol. The van der Waals surface area contributed by atoms with E-state index in [9.17, 15) is 13.2 Å². The Morgan fingerprint density at radius 1 is 0.857 bits per heavy atom. The smallest absolute Gasteiger partial charge is 0.243 e.